The van der Waals surface area contributed by atoms with Gasteiger partial charge in [-0.25, -0.2) is 18.0 Å². The monoisotopic (exact) mass is 503 g/mol. The number of halogens is 3. The van der Waals surface area contributed by atoms with Crippen LogP contribution in [0.25, 0.3) is 27.8 Å². The number of aliphatic carboxylic acids is 1. The van der Waals surface area contributed by atoms with Gasteiger partial charge in [-0.15, -0.1) is 0 Å². The number of alkyl halides is 2. The average molecular weight is 504 g/mol. The molecular weight excluding hydrogens is 479 g/mol. The van der Waals surface area contributed by atoms with Gasteiger partial charge in [0, 0.05) is 43.5 Å². The lowest BCUT2D eigenvalue weighted by Gasteiger charge is -2.31. The van der Waals surface area contributed by atoms with E-state index in [1.54, 1.807) is 36.4 Å². The van der Waals surface area contributed by atoms with Crippen molar-refractivity contribution < 1.29 is 27.9 Å². The fourth-order valence-corrected chi connectivity index (χ4v) is 4.75. The molecule has 1 heterocycles. The molecule has 1 aliphatic carbocycles. The molecule has 1 saturated heterocycles. The predicted molar refractivity (Wildman–Crippen MR) is 136 cm³/mol. The molecule has 2 aliphatic rings. The summed E-state index contributed by atoms with van der Waals surface area (Å²) in [7, 11) is 0. The highest BCUT2D eigenvalue weighted by atomic mass is 19.3. The summed E-state index contributed by atoms with van der Waals surface area (Å²) in [6, 6.07) is 19.0. The summed E-state index contributed by atoms with van der Waals surface area (Å²) in [5.41, 5.74) is 5.79. The molecule has 4 nitrogen and oxygen atoms in total. The van der Waals surface area contributed by atoms with Crippen molar-refractivity contribution in [3.63, 3.8) is 0 Å². The van der Waals surface area contributed by atoms with Gasteiger partial charge < -0.3 is 10.0 Å². The number of hydrogen-bond acceptors (Lipinski definition) is 2. The molecule has 0 radical (unpaired) electrons. The van der Waals surface area contributed by atoms with Gasteiger partial charge >= 0.3 is 5.97 Å². The van der Waals surface area contributed by atoms with E-state index in [4.69, 9.17) is 0 Å². The first kappa shape index (κ1) is 24.6. The maximum atomic E-state index is 13.6. The molecule has 1 fully saturated rings. The van der Waals surface area contributed by atoms with E-state index in [9.17, 15) is 27.9 Å². The maximum absolute atomic E-state index is 13.6. The second-order valence-electron chi connectivity index (χ2n) is 9.36. The second kappa shape index (κ2) is 9.73. The number of allylic oxidation sites excluding steroid dienone is 3. The minimum absolute atomic E-state index is 0.0321. The lowest BCUT2D eigenvalue weighted by Crippen LogP contribution is -2.42. The summed E-state index contributed by atoms with van der Waals surface area (Å²) in [5.74, 6) is -4.29. The van der Waals surface area contributed by atoms with Crippen molar-refractivity contribution in [3.05, 3.63) is 101 Å². The molecule has 5 rings (SSSR count). The summed E-state index contributed by atoms with van der Waals surface area (Å²) in [5, 5.41) is 9.35. The maximum Gasteiger partial charge on any atom is 0.331 e. The van der Waals surface area contributed by atoms with Crippen LogP contribution in [-0.4, -0.2) is 40.9 Å². The molecule has 0 saturated carbocycles. The fourth-order valence-electron chi connectivity index (χ4n) is 4.75. The highest BCUT2D eigenvalue weighted by Gasteiger charge is 2.35. The number of amides is 1. The van der Waals surface area contributed by atoms with Gasteiger partial charge in [0.2, 0.25) is 0 Å². The Balaban J connectivity index is 1.43. The number of likely N-dealkylation sites (tertiary alicyclic amines) is 1. The summed E-state index contributed by atoms with van der Waals surface area (Å²) in [6.07, 6.45) is 3.04. The van der Waals surface area contributed by atoms with Gasteiger partial charge in [0.25, 0.3) is 11.8 Å². The van der Waals surface area contributed by atoms with E-state index in [1.165, 1.54) is 17.0 Å². The van der Waals surface area contributed by atoms with Crippen LogP contribution in [0, 0.1) is 5.82 Å². The van der Waals surface area contributed by atoms with Crippen molar-refractivity contribution >= 4 is 17.4 Å². The van der Waals surface area contributed by atoms with Gasteiger partial charge in [-0.2, -0.15) is 0 Å². The van der Waals surface area contributed by atoms with Gasteiger partial charge in [0.15, 0.2) is 0 Å². The molecule has 0 spiro atoms. The predicted octanol–water partition coefficient (Wildman–Crippen LogP) is 6.83. The molecule has 3 aromatic carbocycles. The van der Waals surface area contributed by atoms with Gasteiger partial charge in [-0.3, -0.25) is 4.79 Å². The first-order chi connectivity index (χ1) is 17.7. The Morgan fingerprint density at radius 2 is 1.41 bits per heavy atom. The zero-order valence-corrected chi connectivity index (χ0v) is 19.9. The van der Waals surface area contributed by atoms with E-state index < -0.39 is 11.9 Å². The first-order valence-corrected chi connectivity index (χ1v) is 12.0. The van der Waals surface area contributed by atoms with E-state index >= 15 is 0 Å². The number of nitrogens with zero attached hydrogens (tertiary/aromatic N) is 1. The SMILES string of the molecule is O=C(O)C1=CC=C(c2ccc(-c3ccc(C(=O)N4CCC(F)(F)CC4)cc3)cc2-c2ccc(F)cc2)C1. The van der Waals surface area contributed by atoms with Gasteiger partial charge in [-0.1, -0.05) is 48.6 Å². The lowest BCUT2D eigenvalue weighted by molar-refractivity contribution is -0.132. The van der Waals surface area contributed by atoms with Crippen LogP contribution in [-0.2, 0) is 4.79 Å². The Labute approximate surface area is 212 Å². The molecule has 3 aromatic rings. The Hall–Kier alpha value is -4.13. The minimum Gasteiger partial charge on any atom is -0.478 e. The van der Waals surface area contributed by atoms with Crippen molar-refractivity contribution in [2.24, 2.45) is 0 Å². The molecule has 1 amide bonds. The van der Waals surface area contributed by atoms with Crippen LogP contribution in [0.3, 0.4) is 0 Å². The number of rotatable bonds is 5. The van der Waals surface area contributed by atoms with Crippen molar-refractivity contribution in [2.75, 3.05) is 13.1 Å². The number of carbonyl (C=O) groups is 2. The van der Waals surface area contributed by atoms with Gasteiger partial charge in [0.1, 0.15) is 5.82 Å². The van der Waals surface area contributed by atoms with Crippen molar-refractivity contribution in [2.45, 2.75) is 25.2 Å². The Morgan fingerprint density at radius 3 is 2.03 bits per heavy atom. The van der Waals surface area contributed by atoms with E-state index in [1.807, 2.05) is 30.3 Å². The van der Waals surface area contributed by atoms with E-state index in [2.05, 4.69) is 0 Å². The van der Waals surface area contributed by atoms with E-state index in [0.717, 1.165) is 33.4 Å². The summed E-state index contributed by atoms with van der Waals surface area (Å²) in [4.78, 5) is 25.7. The van der Waals surface area contributed by atoms with Gasteiger partial charge in [-0.05, 0) is 63.7 Å². The third-order valence-corrected chi connectivity index (χ3v) is 6.91. The number of benzene rings is 3. The zero-order chi connectivity index (χ0) is 26.2. The van der Waals surface area contributed by atoms with Crippen LogP contribution in [0.4, 0.5) is 13.2 Å². The Morgan fingerprint density at radius 1 is 0.784 bits per heavy atom. The fraction of sp³-hybridized carbons (Fsp3) is 0.200. The molecule has 0 aromatic heterocycles. The van der Waals surface area contributed by atoms with Crippen molar-refractivity contribution in [1.82, 2.24) is 4.90 Å². The number of hydrogen-bond donors (Lipinski definition) is 1. The Bertz CT molecular complexity index is 1410. The van der Waals surface area contributed by atoms with Crippen LogP contribution < -0.4 is 0 Å². The third kappa shape index (κ3) is 5.21. The quantitative estimate of drug-likeness (QED) is 0.415. The minimum atomic E-state index is -2.71. The molecule has 1 aliphatic heterocycles. The van der Waals surface area contributed by atoms with Crippen LogP contribution in [0.15, 0.2) is 84.5 Å². The topological polar surface area (TPSA) is 57.6 Å². The number of carbonyl (C=O) groups excluding carboxylic acids is 1. The number of carboxylic acid groups (broad SMARTS) is 1. The van der Waals surface area contributed by atoms with Crippen molar-refractivity contribution in [3.8, 4) is 22.3 Å². The Kier molecular flexibility index (Phi) is 6.46. The van der Waals surface area contributed by atoms with E-state index in [-0.39, 0.29) is 37.7 Å². The molecule has 1 N–H and O–H groups in total. The normalized spacial score (nSPS) is 16.8. The molecular formula is C30H24F3NO3. The first-order valence-electron chi connectivity index (χ1n) is 12.0. The summed E-state index contributed by atoms with van der Waals surface area (Å²) < 4.78 is 40.5. The average Bonchev–Trinajstić information content (AvgIpc) is 3.39. The molecule has 188 valence electrons. The summed E-state index contributed by atoms with van der Waals surface area (Å²) in [6.45, 7) is 0.0642. The van der Waals surface area contributed by atoms with Crippen LogP contribution >= 0.6 is 0 Å². The van der Waals surface area contributed by atoms with Crippen LogP contribution in [0.2, 0.25) is 0 Å². The number of piperidine rings is 1. The molecule has 37 heavy (non-hydrogen) atoms. The largest absolute Gasteiger partial charge is 0.478 e. The standard InChI is InChI=1S/C30H24F3NO3/c31-25-10-7-20(8-11-25)27-18-22(9-12-26(27)23-5-6-24(17-23)29(36)37)19-1-3-21(4-2-19)28(35)34-15-13-30(32,33)14-16-34/h1-12,18H,13-17H2,(H,36,37). The molecule has 0 atom stereocenters. The number of carboxylic acids is 1. The molecule has 7 heteroatoms. The second-order valence-corrected chi connectivity index (χ2v) is 9.36. The van der Waals surface area contributed by atoms with Gasteiger partial charge in [0.05, 0.1) is 0 Å². The third-order valence-electron chi connectivity index (χ3n) is 6.91. The lowest BCUT2D eigenvalue weighted by atomic mass is 9.90. The molecule has 0 unspecified atom stereocenters. The highest BCUT2D eigenvalue weighted by molar-refractivity contribution is 5.96. The van der Waals surface area contributed by atoms with Crippen molar-refractivity contribution in [1.29, 1.82) is 0 Å². The molecule has 0 bridgehead atoms. The highest BCUT2D eigenvalue weighted by Crippen LogP contribution is 2.38. The van der Waals surface area contributed by atoms with Crippen LogP contribution in [0.5, 0.6) is 0 Å². The van der Waals surface area contributed by atoms with Crippen LogP contribution in [0.1, 0.15) is 35.2 Å². The van der Waals surface area contributed by atoms with E-state index in [0.29, 0.717) is 17.6 Å². The summed E-state index contributed by atoms with van der Waals surface area (Å²) >= 11 is 0. The zero-order valence-electron chi connectivity index (χ0n) is 19.9. The smallest absolute Gasteiger partial charge is 0.331 e.